The predicted octanol–water partition coefficient (Wildman–Crippen LogP) is 23.5. The molecule has 466 valence electrons. The van der Waals surface area contributed by atoms with Crippen LogP contribution in [0, 0.1) is 10.1 Å². The van der Waals surface area contributed by atoms with Crippen molar-refractivity contribution in [3.8, 4) is 28.6 Å². The highest BCUT2D eigenvalue weighted by Gasteiger charge is 2.20. The molecule has 0 fully saturated rings. The molecule has 0 unspecified atom stereocenters. The number of hydrazone groups is 1. The molecule has 1 aromatic heterocycles. The summed E-state index contributed by atoms with van der Waals surface area (Å²) in [6.45, 7) is 8.49. The number of nitrogens with zero attached hydrogens (tertiary/aromatic N) is 2. The maximum Gasteiger partial charge on any atom is 0.271 e. The second kappa shape index (κ2) is 52.2. The zero-order valence-electron chi connectivity index (χ0n) is 53.0. The van der Waals surface area contributed by atoms with Crippen molar-refractivity contribution in [2.45, 2.75) is 329 Å². The first-order chi connectivity index (χ1) is 40.5. The van der Waals surface area contributed by atoms with Gasteiger partial charge in [-0.25, -0.2) is 5.43 Å². The second-order valence-corrected chi connectivity index (χ2v) is 24.0. The molecule has 0 atom stereocenters. The quantitative estimate of drug-likeness (QED) is 0.0258. The SMILES string of the molecule is CCCCCCCCCCCCCCCCCCOc1cc(C(=O)N/N=C/c2ccc(-c3ccc([N+](=O)[O-])cc3)o2)cc(OCCCCCCCCCCCCCCCCCC)c1OCCCCCCCCCCCCCCCCCC. The van der Waals surface area contributed by atoms with E-state index in [1.165, 1.54) is 288 Å². The molecule has 2 aromatic carbocycles. The van der Waals surface area contributed by atoms with Gasteiger partial charge < -0.3 is 18.6 Å². The number of nitro groups is 1. The van der Waals surface area contributed by atoms with Crippen LogP contribution in [0.1, 0.15) is 345 Å². The largest absolute Gasteiger partial charge is 0.490 e. The summed E-state index contributed by atoms with van der Waals surface area (Å²) in [6.07, 6.45) is 64.5. The van der Waals surface area contributed by atoms with Gasteiger partial charge in [-0.15, -0.1) is 0 Å². The summed E-state index contributed by atoms with van der Waals surface area (Å²) in [5, 5.41) is 15.4. The lowest BCUT2D eigenvalue weighted by molar-refractivity contribution is -0.384. The molecule has 0 bridgehead atoms. The van der Waals surface area contributed by atoms with Gasteiger partial charge in [0.05, 0.1) is 31.0 Å². The second-order valence-electron chi connectivity index (χ2n) is 24.0. The number of carbonyl (C=O) groups is 1. The molecule has 0 radical (unpaired) electrons. The first kappa shape index (κ1) is 71.9. The molecule has 82 heavy (non-hydrogen) atoms. The van der Waals surface area contributed by atoms with Gasteiger partial charge in [0.2, 0.25) is 5.75 Å². The standard InChI is InChI=1S/C72H121N3O7/c1-4-7-10-13-16-19-22-25-28-31-34-37-40-43-46-49-58-79-69-61-65(72(76)74-73-63-67-56-57-68(82-67)64-52-54-66(55-53-64)75(77)78)62-70(80-59-50-47-44-41-38-35-32-29-26-23-20-17-14-11-8-5-2)71(69)81-60-51-48-45-42-39-36-33-30-27-24-21-18-15-12-9-6-3/h52-57,61-63H,4-51,58-60H2,1-3H3,(H,74,76)/b73-63+. The lowest BCUT2D eigenvalue weighted by atomic mass is 10.0. The van der Waals surface area contributed by atoms with Gasteiger partial charge in [-0.3, -0.25) is 14.9 Å². The summed E-state index contributed by atoms with van der Waals surface area (Å²) in [7, 11) is 0. The number of furan rings is 1. The van der Waals surface area contributed by atoms with E-state index in [-0.39, 0.29) is 5.69 Å². The monoisotopic (exact) mass is 1140 g/mol. The minimum absolute atomic E-state index is 0.0114. The summed E-state index contributed by atoms with van der Waals surface area (Å²) in [5.41, 5.74) is 3.78. The topological polar surface area (TPSA) is 125 Å². The van der Waals surface area contributed by atoms with Crippen LogP contribution in [-0.4, -0.2) is 36.9 Å². The number of hydrogen-bond acceptors (Lipinski definition) is 8. The third-order valence-electron chi connectivity index (χ3n) is 16.4. The van der Waals surface area contributed by atoms with Gasteiger partial charge in [0.15, 0.2) is 11.5 Å². The highest BCUT2D eigenvalue weighted by Crippen LogP contribution is 2.40. The lowest BCUT2D eigenvalue weighted by Gasteiger charge is -2.19. The molecule has 0 saturated carbocycles. The van der Waals surface area contributed by atoms with E-state index in [0.717, 1.165) is 38.5 Å². The fraction of sp³-hybridized carbons (Fsp3) is 0.750. The molecule has 10 nitrogen and oxygen atoms in total. The predicted molar refractivity (Wildman–Crippen MR) is 347 cm³/mol. The summed E-state index contributed by atoms with van der Waals surface area (Å²) < 4.78 is 25.7. The Bertz CT molecular complexity index is 1920. The van der Waals surface area contributed by atoms with Crippen molar-refractivity contribution in [2.75, 3.05) is 19.8 Å². The Labute approximate surface area is 501 Å². The highest BCUT2D eigenvalue weighted by molar-refractivity contribution is 5.96. The van der Waals surface area contributed by atoms with Gasteiger partial charge in [0.25, 0.3) is 11.6 Å². The van der Waals surface area contributed by atoms with Crippen molar-refractivity contribution in [2.24, 2.45) is 5.10 Å². The maximum atomic E-state index is 13.9. The van der Waals surface area contributed by atoms with E-state index >= 15 is 0 Å². The molecule has 0 saturated heterocycles. The molecule has 0 aliphatic carbocycles. The fourth-order valence-electron chi connectivity index (χ4n) is 11.1. The Morgan fingerprint density at radius 1 is 0.439 bits per heavy atom. The Morgan fingerprint density at radius 2 is 0.744 bits per heavy atom. The zero-order valence-corrected chi connectivity index (χ0v) is 53.0. The first-order valence-electron chi connectivity index (χ1n) is 34.7. The number of nitro benzene ring substituents is 1. The van der Waals surface area contributed by atoms with Crippen molar-refractivity contribution in [1.29, 1.82) is 0 Å². The number of nitrogens with one attached hydrogen (secondary N) is 1. The summed E-state index contributed by atoms with van der Waals surface area (Å²) >= 11 is 0. The summed E-state index contributed by atoms with van der Waals surface area (Å²) in [4.78, 5) is 24.6. The number of non-ortho nitro benzene ring substituents is 1. The molecule has 1 heterocycles. The number of unbranched alkanes of at least 4 members (excludes halogenated alkanes) is 45. The van der Waals surface area contributed by atoms with Gasteiger partial charge in [-0.05, 0) is 55.7 Å². The highest BCUT2D eigenvalue weighted by atomic mass is 16.6. The van der Waals surface area contributed by atoms with Gasteiger partial charge in [-0.2, -0.15) is 5.10 Å². The molecule has 10 heteroatoms. The number of rotatable bonds is 59. The fourth-order valence-corrected chi connectivity index (χ4v) is 11.1. The van der Waals surface area contributed by atoms with Crippen LogP contribution in [0.5, 0.6) is 17.2 Å². The Balaban J connectivity index is 1.58. The molecule has 3 rings (SSSR count). The van der Waals surface area contributed by atoms with Gasteiger partial charge in [-0.1, -0.05) is 310 Å². The lowest BCUT2D eigenvalue weighted by Crippen LogP contribution is -2.18. The minimum atomic E-state index is -0.427. The van der Waals surface area contributed by atoms with Crippen LogP contribution in [0.15, 0.2) is 58.0 Å². The Hall–Kier alpha value is -4.34. The van der Waals surface area contributed by atoms with Crippen LogP contribution < -0.4 is 19.6 Å². The van der Waals surface area contributed by atoms with Gasteiger partial charge in [0, 0.05) is 23.3 Å². The van der Waals surface area contributed by atoms with Crippen LogP contribution in [-0.2, 0) is 0 Å². The van der Waals surface area contributed by atoms with Crippen LogP contribution in [0.4, 0.5) is 5.69 Å². The molecule has 0 aliphatic heterocycles. The molecule has 3 aromatic rings. The van der Waals surface area contributed by atoms with Crippen LogP contribution in [0.2, 0.25) is 0 Å². The molecule has 1 amide bonds. The van der Waals surface area contributed by atoms with Crippen LogP contribution >= 0.6 is 0 Å². The van der Waals surface area contributed by atoms with Crippen LogP contribution in [0.25, 0.3) is 11.3 Å². The normalized spacial score (nSPS) is 11.5. The zero-order chi connectivity index (χ0) is 58.4. The van der Waals surface area contributed by atoms with E-state index in [2.05, 4.69) is 31.3 Å². The Kier molecular flexibility index (Phi) is 45.8. The Morgan fingerprint density at radius 3 is 1.06 bits per heavy atom. The molecular formula is C72H121N3O7. The third kappa shape index (κ3) is 37.8. The van der Waals surface area contributed by atoms with E-state index in [9.17, 15) is 14.9 Å². The van der Waals surface area contributed by atoms with Gasteiger partial charge >= 0.3 is 0 Å². The van der Waals surface area contributed by atoms with E-state index in [1.807, 2.05) is 0 Å². The maximum absolute atomic E-state index is 13.9. The molecule has 0 aliphatic rings. The number of amides is 1. The first-order valence-corrected chi connectivity index (χ1v) is 34.7. The summed E-state index contributed by atoms with van der Waals surface area (Å²) in [6, 6.07) is 13.3. The third-order valence-corrected chi connectivity index (χ3v) is 16.4. The van der Waals surface area contributed by atoms with E-state index in [1.54, 1.807) is 36.4 Å². The molecular weight excluding hydrogens is 1020 g/mol. The number of ether oxygens (including phenoxy) is 3. The van der Waals surface area contributed by atoms with E-state index < -0.39 is 10.8 Å². The van der Waals surface area contributed by atoms with Crippen molar-refractivity contribution < 1.29 is 28.3 Å². The van der Waals surface area contributed by atoms with Crippen molar-refractivity contribution in [1.82, 2.24) is 5.43 Å². The number of benzene rings is 2. The smallest absolute Gasteiger partial charge is 0.271 e. The van der Waals surface area contributed by atoms with Gasteiger partial charge in [0.1, 0.15) is 11.5 Å². The van der Waals surface area contributed by atoms with Crippen molar-refractivity contribution in [3.63, 3.8) is 0 Å². The van der Waals surface area contributed by atoms with E-state index in [4.69, 9.17) is 18.6 Å². The van der Waals surface area contributed by atoms with Crippen LogP contribution in [0.3, 0.4) is 0 Å². The number of carbonyl (C=O) groups excluding carboxylic acids is 1. The van der Waals surface area contributed by atoms with E-state index in [0.29, 0.717) is 59.7 Å². The molecule has 0 spiro atoms. The molecule has 1 N–H and O–H groups in total. The summed E-state index contributed by atoms with van der Waals surface area (Å²) in [5.74, 6) is 2.22. The van der Waals surface area contributed by atoms with Crippen molar-refractivity contribution >= 4 is 17.8 Å². The van der Waals surface area contributed by atoms with Crippen molar-refractivity contribution in [3.05, 3.63) is 70.0 Å². The minimum Gasteiger partial charge on any atom is -0.490 e. The average molecular weight is 1140 g/mol. The number of hydrogen-bond donors (Lipinski definition) is 1. The average Bonchev–Trinajstić information content (AvgIpc) is 4.06.